The van der Waals surface area contributed by atoms with Crippen LogP contribution in [0.2, 0.25) is 0 Å². The molecule has 5 nitrogen and oxygen atoms in total. The molecule has 0 heterocycles. The molecule has 0 aliphatic carbocycles. The Morgan fingerprint density at radius 2 is 2.17 bits per heavy atom. The number of hydrogen-bond acceptors (Lipinski definition) is 4. The van der Waals surface area contributed by atoms with Gasteiger partial charge in [0, 0.05) is 6.04 Å². The van der Waals surface area contributed by atoms with Crippen molar-refractivity contribution in [2.24, 2.45) is 5.73 Å². The van der Waals surface area contributed by atoms with Crippen molar-refractivity contribution in [3.8, 4) is 11.5 Å². The van der Waals surface area contributed by atoms with Crippen LogP contribution in [0.5, 0.6) is 11.5 Å². The third-order valence-corrected chi connectivity index (χ3v) is 2.48. The van der Waals surface area contributed by atoms with Gasteiger partial charge in [-0.2, -0.15) is 0 Å². The molecule has 1 aromatic carbocycles. The van der Waals surface area contributed by atoms with E-state index in [1.807, 2.05) is 0 Å². The number of halogens is 1. The van der Waals surface area contributed by atoms with Crippen molar-refractivity contribution in [1.29, 1.82) is 0 Å². The summed E-state index contributed by atoms with van der Waals surface area (Å²) in [5, 5.41) is 18.0. The van der Waals surface area contributed by atoms with E-state index in [4.69, 9.17) is 15.6 Å². The Morgan fingerprint density at radius 3 is 2.72 bits per heavy atom. The summed E-state index contributed by atoms with van der Waals surface area (Å²) >= 11 is 0. The van der Waals surface area contributed by atoms with Gasteiger partial charge in [-0.3, -0.25) is 4.79 Å². The van der Waals surface area contributed by atoms with E-state index in [0.29, 0.717) is 18.6 Å². The number of nitrogens with two attached hydrogens (primary N) is 1. The van der Waals surface area contributed by atoms with Gasteiger partial charge in [0.25, 0.3) is 0 Å². The van der Waals surface area contributed by atoms with Crippen LogP contribution in [0.4, 0.5) is 0 Å². The van der Waals surface area contributed by atoms with Crippen molar-refractivity contribution in [3.63, 3.8) is 0 Å². The summed E-state index contributed by atoms with van der Waals surface area (Å²) < 4.78 is 4.98. The fourth-order valence-corrected chi connectivity index (χ4v) is 1.56. The van der Waals surface area contributed by atoms with Crippen LogP contribution < -0.4 is 10.5 Å². The lowest BCUT2D eigenvalue weighted by Gasteiger charge is -2.10. The van der Waals surface area contributed by atoms with Crippen molar-refractivity contribution in [1.82, 2.24) is 0 Å². The highest BCUT2D eigenvalue weighted by molar-refractivity contribution is 5.85. The molecule has 6 heteroatoms. The second-order valence-corrected chi connectivity index (χ2v) is 3.90. The molecule has 1 rings (SSSR count). The minimum Gasteiger partial charge on any atom is -0.504 e. The van der Waals surface area contributed by atoms with Crippen LogP contribution in [-0.2, 0) is 11.2 Å². The van der Waals surface area contributed by atoms with Gasteiger partial charge in [-0.15, -0.1) is 12.4 Å². The molecule has 1 unspecified atom stereocenters. The zero-order valence-corrected chi connectivity index (χ0v) is 10.9. The second-order valence-electron chi connectivity index (χ2n) is 3.90. The Labute approximate surface area is 112 Å². The molecule has 0 radical (unpaired) electrons. The lowest BCUT2D eigenvalue weighted by atomic mass is 10.0. The van der Waals surface area contributed by atoms with Gasteiger partial charge >= 0.3 is 5.97 Å². The molecule has 0 bridgehead atoms. The van der Waals surface area contributed by atoms with Gasteiger partial charge < -0.3 is 20.7 Å². The highest BCUT2D eigenvalue weighted by atomic mass is 35.5. The molecule has 0 aliphatic rings. The third kappa shape index (κ3) is 5.25. The number of phenols is 1. The van der Waals surface area contributed by atoms with Crippen molar-refractivity contribution in [2.75, 3.05) is 7.11 Å². The highest BCUT2D eigenvalue weighted by Crippen LogP contribution is 2.26. The number of phenolic OH excluding ortho intramolecular Hbond substituents is 1. The zero-order valence-electron chi connectivity index (χ0n) is 10.1. The summed E-state index contributed by atoms with van der Waals surface area (Å²) in [5.41, 5.74) is 6.62. The number of carboxylic acids is 1. The number of carboxylic acid groups (broad SMARTS) is 1. The first-order chi connectivity index (χ1) is 8.02. The quantitative estimate of drug-likeness (QED) is 0.733. The number of hydrogen-bond donors (Lipinski definition) is 3. The molecule has 0 saturated heterocycles. The first-order valence-corrected chi connectivity index (χ1v) is 5.36. The molecule has 0 fully saturated rings. The van der Waals surface area contributed by atoms with Crippen LogP contribution in [0.25, 0.3) is 0 Å². The van der Waals surface area contributed by atoms with Crippen molar-refractivity contribution in [3.05, 3.63) is 23.8 Å². The maximum atomic E-state index is 10.4. The number of aryl methyl sites for hydroxylation is 1. The number of aliphatic carboxylic acids is 1. The molecule has 1 atom stereocenters. The van der Waals surface area contributed by atoms with E-state index < -0.39 is 5.97 Å². The smallest absolute Gasteiger partial charge is 0.304 e. The van der Waals surface area contributed by atoms with E-state index in [1.165, 1.54) is 7.11 Å². The van der Waals surface area contributed by atoms with Crippen LogP contribution in [0.1, 0.15) is 18.4 Å². The van der Waals surface area contributed by atoms with Gasteiger partial charge in [0.1, 0.15) is 0 Å². The molecule has 4 N–H and O–H groups in total. The molecule has 0 amide bonds. The molecule has 0 saturated carbocycles. The third-order valence-electron chi connectivity index (χ3n) is 2.48. The topological polar surface area (TPSA) is 92.8 Å². The van der Waals surface area contributed by atoms with Crippen molar-refractivity contribution in [2.45, 2.75) is 25.3 Å². The normalized spacial score (nSPS) is 11.4. The van der Waals surface area contributed by atoms with Crippen molar-refractivity contribution >= 4 is 18.4 Å². The molecule has 1 aromatic rings. The van der Waals surface area contributed by atoms with E-state index in [1.54, 1.807) is 18.2 Å². The lowest BCUT2D eigenvalue weighted by Crippen LogP contribution is -2.24. The van der Waals surface area contributed by atoms with Crippen LogP contribution in [0, 0.1) is 0 Å². The molecule has 0 aliphatic heterocycles. The Bertz CT molecular complexity index is 398. The fourth-order valence-electron chi connectivity index (χ4n) is 1.56. The minimum atomic E-state index is -0.888. The van der Waals surface area contributed by atoms with Gasteiger partial charge in [0.2, 0.25) is 0 Å². The Kier molecular flexibility index (Phi) is 7.16. The predicted octanol–water partition coefficient (Wildman–Crippen LogP) is 1.56. The van der Waals surface area contributed by atoms with Crippen LogP contribution in [0.3, 0.4) is 0 Å². The number of benzene rings is 1. The van der Waals surface area contributed by atoms with Crippen LogP contribution >= 0.6 is 12.4 Å². The Morgan fingerprint density at radius 1 is 1.50 bits per heavy atom. The summed E-state index contributed by atoms with van der Waals surface area (Å²) in [6.07, 6.45) is 1.21. The summed E-state index contributed by atoms with van der Waals surface area (Å²) in [6, 6.07) is 4.69. The van der Waals surface area contributed by atoms with Crippen LogP contribution in [0.15, 0.2) is 18.2 Å². The second kappa shape index (κ2) is 7.79. The number of methoxy groups -OCH3 is 1. The molecule has 18 heavy (non-hydrogen) atoms. The van der Waals surface area contributed by atoms with Gasteiger partial charge in [0.15, 0.2) is 11.5 Å². The summed E-state index contributed by atoms with van der Waals surface area (Å²) in [7, 11) is 1.48. The van der Waals surface area contributed by atoms with Gasteiger partial charge in [-0.25, -0.2) is 0 Å². The molecule has 0 aromatic heterocycles. The Balaban J connectivity index is 0.00000289. The molecular formula is C12H18ClNO4. The van der Waals surface area contributed by atoms with E-state index in [0.717, 1.165) is 5.56 Å². The number of ether oxygens (including phenoxy) is 1. The predicted molar refractivity (Wildman–Crippen MR) is 70.5 cm³/mol. The zero-order chi connectivity index (χ0) is 12.8. The molecular weight excluding hydrogens is 258 g/mol. The van der Waals surface area contributed by atoms with Gasteiger partial charge in [0.05, 0.1) is 13.5 Å². The first kappa shape index (κ1) is 16.5. The number of rotatable bonds is 6. The maximum absolute atomic E-state index is 10.4. The van der Waals surface area contributed by atoms with E-state index >= 15 is 0 Å². The van der Waals surface area contributed by atoms with E-state index in [-0.39, 0.29) is 30.6 Å². The monoisotopic (exact) mass is 275 g/mol. The average molecular weight is 276 g/mol. The van der Waals surface area contributed by atoms with Gasteiger partial charge in [-0.1, -0.05) is 6.07 Å². The largest absolute Gasteiger partial charge is 0.504 e. The SMILES string of the molecule is COc1cc(CCC(N)CC(=O)O)ccc1O.Cl. The lowest BCUT2D eigenvalue weighted by molar-refractivity contribution is -0.137. The highest BCUT2D eigenvalue weighted by Gasteiger charge is 2.09. The minimum absolute atomic E-state index is 0. The first-order valence-electron chi connectivity index (χ1n) is 5.36. The summed E-state index contributed by atoms with van der Waals surface area (Å²) in [5.74, 6) is -0.388. The van der Waals surface area contributed by atoms with E-state index in [2.05, 4.69) is 0 Å². The van der Waals surface area contributed by atoms with Gasteiger partial charge in [-0.05, 0) is 30.5 Å². The number of carbonyl (C=O) groups is 1. The van der Waals surface area contributed by atoms with E-state index in [9.17, 15) is 9.90 Å². The standard InChI is InChI=1S/C12H17NO4.ClH/c1-17-11-6-8(3-5-10(11)14)2-4-9(13)7-12(15)16;/h3,5-6,9,14H,2,4,7,13H2,1H3,(H,15,16);1H. The summed E-state index contributed by atoms with van der Waals surface area (Å²) in [4.78, 5) is 10.4. The van der Waals surface area contributed by atoms with Crippen LogP contribution in [-0.4, -0.2) is 29.3 Å². The molecule has 0 spiro atoms. The number of aromatic hydroxyl groups is 1. The Hall–Kier alpha value is -1.46. The fraction of sp³-hybridized carbons (Fsp3) is 0.417. The van der Waals surface area contributed by atoms with Crippen molar-refractivity contribution < 1.29 is 19.7 Å². The molecule has 102 valence electrons. The maximum Gasteiger partial charge on any atom is 0.304 e. The average Bonchev–Trinajstić information content (AvgIpc) is 2.27. The summed E-state index contributed by atoms with van der Waals surface area (Å²) in [6.45, 7) is 0.